The average Bonchev–Trinajstić information content (AvgIpc) is 2.36. The number of ketones is 1. The van der Waals surface area contributed by atoms with Crippen LogP contribution in [0.2, 0.25) is 0 Å². The molecule has 0 fully saturated rings. The van der Waals surface area contributed by atoms with Gasteiger partial charge >= 0.3 is 0 Å². The third kappa shape index (κ3) is 4.69. The maximum Gasteiger partial charge on any atom is 0.231 e. The van der Waals surface area contributed by atoms with Gasteiger partial charge < -0.3 is 16.2 Å². The van der Waals surface area contributed by atoms with Crippen LogP contribution in [0.15, 0.2) is 24.3 Å². The van der Waals surface area contributed by atoms with Crippen molar-refractivity contribution in [2.24, 2.45) is 11.5 Å². The molecule has 20 heavy (non-hydrogen) atoms. The molecule has 0 aliphatic rings. The summed E-state index contributed by atoms with van der Waals surface area (Å²) in [6, 6.07) is 6.69. The van der Waals surface area contributed by atoms with Crippen LogP contribution in [-0.4, -0.2) is 49.2 Å². The van der Waals surface area contributed by atoms with Crippen molar-refractivity contribution < 1.29 is 19.1 Å². The average molecular weight is 279 g/mol. The van der Waals surface area contributed by atoms with Gasteiger partial charge in [0.25, 0.3) is 0 Å². The highest BCUT2D eigenvalue weighted by molar-refractivity contribution is 6.00. The van der Waals surface area contributed by atoms with Gasteiger partial charge in [-0.3, -0.25) is 19.3 Å². The van der Waals surface area contributed by atoms with Crippen LogP contribution < -0.4 is 16.2 Å². The quantitative estimate of drug-likeness (QED) is 0.601. The van der Waals surface area contributed by atoms with Gasteiger partial charge in [0, 0.05) is 0 Å². The molecule has 7 heteroatoms. The number of hydrogen-bond donors (Lipinski definition) is 2. The molecule has 0 saturated carbocycles. The number of primary amides is 2. The van der Waals surface area contributed by atoms with Crippen molar-refractivity contribution in [3.05, 3.63) is 29.8 Å². The Morgan fingerprint density at radius 1 is 1.05 bits per heavy atom. The first-order chi connectivity index (χ1) is 9.43. The molecule has 0 saturated heterocycles. The smallest absolute Gasteiger partial charge is 0.231 e. The second-order valence-corrected chi connectivity index (χ2v) is 4.20. The van der Waals surface area contributed by atoms with Gasteiger partial charge in [-0.15, -0.1) is 0 Å². The van der Waals surface area contributed by atoms with Crippen LogP contribution in [0, 0.1) is 0 Å². The van der Waals surface area contributed by atoms with Gasteiger partial charge in [-0.1, -0.05) is 12.1 Å². The number of hydrogen-bond acceptors (Lipinski definition) is 5. The van der Waals surface area contributed by atoms with E-state index >= 15 is 0 Å². The highest BCUT2D eigenvalue weighted by Crippen LogP contribution is 2.18. The van der Waals surface area contributed by atoms with E-state index in [2.05, 4.69) is 0 Å². The van der Waals surface area contributed by atoms with Crippen LogP contribution in [0.25, 0.3) is 0 Å². The zero-order valence-corrected chi connectivity index (χ0v) is 11.2. The zero-order chi connectivity index (χ0) is 15.1. The Labute approximate surface area is 116 Å². The molecule has 1 aromatic carbocycles. The van der Waals surface area contributed by atoms with E-state index in [9.17, 15) is 14.4 Å². The fraction of sp³-hybridized carbons (Fsp3) is 0.308. The summed E-state index contributed by atoms with van der Waals surface area (Å²) in [5.41, 5.74) is 10.5. The Bertz CT molecular complexity index is 500. The van der Waals surface area contributed by atoms with Crippen LogP contribution in [-0.2, 0) is 9.59 Å². The fourth-order valence-corrected chi connectivity index (χ4v) is 1.77. The number of Topliss-reactive ketones (excluding diaryl/α,β-unsaturated/α-hetero) is 1. The number of ether oxygens (including phenoxy) is 1. The first kappa shape index (κ1) is 15.6. The predicted molar refractivity (Wildman–Crippen MR) is 72.2 cm³/mol. The van der Waals surface area contributed by atoms with Gasteiger partial charge in [-0.2, -0.15) is 0 Å². The third-order valence-corrected chi connectivity index (χ3v) is 2.53. The van der Waals surface area contributed by atoms with Gasteiger partial charge in [-0.25, -0.2) is 0 Å². The molecule has 7 nitrogen and oxygen atoms in total. The first-order valence-electron chi connectivity index (χ1n) is 5.89. The molecular formula is C13H17N3O4. The number of methoxy groups -OCH3 is 1. The molecular weight excluding hydrogens is 262 g/mol. The molecule has 2 amide bonds. The normalized spacial score (nSPS) is 10.3. The minimum atomic E-state index is -0.640. The summed E-state index contributed by atoms with van der Waals surface area (Å²) >= 11 is 0. The lowest BCUT2D eigenvalue weighted by Gasteiger charge is -2.18. The molecule has 0 heterocycles. The van der Waals surface area contributed by atoms with Crippen LogP contribution >= 0.6 is 0 Å². The van der Waals surface area contributed by atoms with Gasteiger partial charge in [0.1, 0.15) is 5.75 Å². The summed E-state index contributed by atoms with van der Waals surface area (Å²) in [7, 11) is 1.46. The van der Waals surface area contributed by atoms with Crippen molar-refractivity contribution in [2.75, 3.05) is 26.7 Å². The van der Waals surface area contributed by atoms with Gasteiger partial charge in [0.2, 0.25) is 11.8 Å². The Balaban J connectivity index is 2.84. The summed E-state index contributed by atoms with van der Waals surface area (Å²) < 4.78 is 5.09. The highest BCUT2D eigenvalue weighted by atomic mass is 16.5. The van der Waals surface area contributed by atoms with E-state index in [4.69, 9.17) is 16.2 Å². The number of carbonyl (C=O) groups excluding carboxylic acids is 3. The summed E-state index contributed by atoms with van der Waals surface area (Å²) in [5, 5.41) is 0. The first-order valence-corrected chi connectivity index (χ1v) is 5.89. The van der Waals surface area contributed by atoms with Crippen molar-refractivity contribution in [3.63, 3.8) is 0 Å². The maximum absolute atomic E-state index is 12.2. The molecule has 0 atom stereocenters. The van der Waals surface area contributed by atoms with E-state index < -0.39 is 11.8 Å². The summed E-state index contributed by atoms with van der Waals surface area (Å²) in [4.78, 5) is 35.3. The van der Waals surface area contributed by atoms with Crippen molar-refractivity contribution in [3.8, 4) is 5.75 Å². The van der Waals surface area contributed by atoms with Crippen molar-refractivity contribution >= 4 is 17.6 Å². The van der Waals surface area contributed by atoms with Crippen LogP contribution in [0.5, 0.6) is 5.75 Å². The molecule has 0 radical (unpaired) electrons. The Hall–Kier alpha value is -2.41. The minimum absolute atomic E-state index is 0.147. The molecule has 108 valence electrons. The van der Waals surface area contributed by atoms with Crippen LogP contribution in [0.1, 0.15) is 10.4 Å². The second-order valence-electron chi connectivity index (χ2n) is 4.20. The molecule has 0 unspecified atom stereocenters. The largest absolute Gasteiger partial charge is 0.496 e. The number of para-hydroxylation sites is 1. The number of nitrogens with two attached hydrogens (primary N) is 2. The lowest BCUT2D eigenvalue weighted by atomic mass is 10.1. The Kier molecular flexibility index (Phi) is 5.67. The molecule has 1 rings (SSSR count). The fourth-order valence-electron chi connectivity index (χ4n) is 1.77. The molecule has 1 aromatic rings. The van der Waals surface area contributed by atoms with Gasteiger partial charge in [-0.05, 0) is 12.1 Å². The number of rotatable bonds is 8. The topological polar surface area (TPSA) is 116 Å². The molecule has 0 bridgehead atoms. The molecule has 4 N–H and O–H groups in total. The van der Waals surface area contributed by atoms with E-state index in [1.54, 1.807) is 24.3 Å². The number of benzene rings is 1. The van der Waals surface area contributed by atoms with Crippen molar-refractivity contribution in [1.29, 1.82) is 0 Å². The van der Waals surface area contributed by atoms with Crippen molar-refractivity contribution in [2.45, 2.75) is 0 Å². The summed E-state index contributed by atoms with van der Waals surface area (Å²) in [6.07, 6.45) is 0. The zero-order valence-electron chi connectivity index (χ0n) is 11.2. The Morgan fingerprint density at radius 3 is 2.10 bits per heavy atom. The van der Waals surface area contributed by atoms with E-state index in [1.165, 1.54) is 12.0 Å². The van der Waals surface area contributed by atoms with Crippen LogP contribution in [0.4, 0.5) is 0 Å². The molecule has 0 aliphatic carbocycles. The molecule has 0 aromatic heterocycles. The summed E-state index contributed by atoms with van der Waals surface area (Å²) in [5.74, 6) is -1.14. The highest BCUT2D eigenvalue weighted by Gasteiger charge is 2.18. The third-order valence-electron chi connectivity index (χ3n) is 2.53. The van der Waals surface area contributed by atoms with E-state index in [0.29, 0.717) is 11.3 Å². The lowest BCUT2D eigenvalue weighted by Crippen LogP contribution is -2.42. The number of nitrogens with zero attached hydrogens (tertiary/aromatic N) is 1. The monoisotopic (exact) mass is 279 g/mol. The maximum atomic E-state index is 12.2. The molecule has 0 spiro atoms. The Morgan fingerprint density at radius 2 is 1.60 bits per heavy atom. The van der Waals surface area contributed by atoms with Gasteiger partial charge in [0.05, 0.1) is 32.3 Å². The number of carbonyl (C=O) groups is 3. The van der Waals surface area contributed by atoms with Crippen molar-refractivity contribution in [1.82, 2.24) is 4.90 Å². The number of amides is 2. The molecule has 0 aliphatic heterocycles. The minimum Gasteiger partial charge on any atom is -0.496 e. The lowest BCUT2D eigenvalue weighted by molar-refractivity contribution is -0.121. The van der Waals surface area contributed by atoms with Crippen LogP contribution in [0.3, 0.4) is 0 Å². The second kappa shape index (κ2) is 7.25. The van der Waals surface area contributed by atoms with Gasteiger partial charge in [0.15, 0.2) is 5.78 Å². The summed E-state index contributed by atoms with van der Waals surface area (Å²) in [6.45, 7) is -0.583. The van der Waals surface area contributed by atoms with E-state index in [1.807, 2.05) is 0 Å². The predicted octanol–water partition coefficient (Wildman–Crippen LogP) is -0.849. The SMILES string of the molecule is COc1ccccc1C(=O)CN(CC(N)=O)CC(N)=O. The van der Waals surface area contributed by atoms with E-state index in [0.717, 1.165) is 0 Å². The van der Waals surface area contributed by atoms with E-state index in [-0.39, 0.29) is 25.4 Å². The standard InChI is InChI=1S/C13H17N3O4/c1-20-11-5-3-2-4-9(11)10(17)6-16(7-12(14)18)8-13(15)19/h2-5H,6-8H2,1H3,(H2,14,18)(H2,15,19).